The van der Waals surface area contributed by atoms with Gasteiger partial charge in [0.15, 0.2) is 5.78 Å². The van der Waals surface area contributed by atoms with E-state index in [9.17, 15) is 4.79 Å². The van der Waals surface area contributed by atoms with Crippen molar-refractivity contribution in [2.24, 2.45) is 0 Å². The van der Waals surface area contributed by atoms with Crippen LogP contribution in [0.2, 0.25) is 0 Å². The van der Waals surface area contributed by atoms with Gasteiger partial charge in [-0.05, 0) is 25.9 Å². The molecule has 2 fully saturated rings. The van der Waals surface area contributed by atoms with Crippen molar-refractivity contribution >= 4 is 18.2 Å². The van der Waals surface area contributed by atoms with Gasteiger partial charge in [0.25, 0.3) is 0 Å². The van der Waals surface area contributed by atoms with Crippen LogP contribution in [0.15, 0.2) is 0 Å². The molecule has 0 amide bonds. The molecule has 4 heteroatoms. The number of carbonyl (C=O) groups is 1. The number of rotatable bonds is 0. The highest BCUT2D eigenvalue weighted by atomic mass is 35.5. The van der Waals surface area contributed by atoms with E-state index in [1.165, 1.54) is 0 Å². The van der Waals surface area contributed by atoms with Crippen LogP contribution in [0, 0.1) is 0 Å². The molecule has 0 aliphatic carbocycles. The third kappa shape index (κ3) is 1.49. The molecule has 1 atom stereocenters. The summed E-state index contributed by atoms with van der Waals surface area (Å²) in [6.07, 6.45) is 2.76. The molecule has 0 bridgehead atoms. The molecule has 3 nitrogen and oxygen atoms in total. The van der Waals surface area contributed by atoms with Crippen LogP contribution in [0.4, 0.5) is 0 Å². The molecule has 1 spiro atoms. The second-order valence-corrected chi connectivity index (χ2v) is 3.46. The summed E-state index contributed by atoms with van der Waals surface area (Å²) < 4.78 is 0. The van der Waals surface area contributed by atoms with Crippen LogP contribution >= 0.6 is 12.4 Å². The summed E-state index contributed by atoms with van der Waals surface area (Å²) in [5, 5.41) is 6.56. The molecule has 12 heavy (non-hydrogen) atoms. The van der Waals surface area contributed by atoms with Gasteiger partial charge in [-0.2, -0.15) is 0 Å². The maximum Gasteiger partial charge on any atom is 0.154 e. The summed E-state index contributed by atoms with van der Waals surface area (Å²) in [4.78, 5) is 11.5. The SMILES string of the molecule is Cl.O=C1CCCNC12CCNC2. The van der Waals surface area contributed by atoms with Crippen LogP contribution in [0.1, 0.15) is 19.3 Å². The van der Waals surface area contributed by atoms with E-state index < -0.39 is 0 Å². The van der Waals surface area contributed by atoms with E-state index >= 15 is 0 Å². The number of nitrogens with one attached hydrogen (secondary N) is 2. The Morgan fingerprint density at radius 2 is 2.17 bits per heavy atom. The van der Waals surface area contributed by atoms with E-state index in [0.717, 1.165) is 38.9 Å². The lowest BCUT2D eigenvalue weighted by molar-refractivity contribution is -0.126. The molecule has 2 aliphatic rings. The zero-order valence-electron chi connectivity index (χ0n) is 7.06. The van der Waals surface area contributed by atoms with Crippen molar-refractivity contribution in [3.05, 3.63) is 0 Å². The molecular weight excluding hydrogens is 176 g/mol. The van der Waals surface area contributed by atoms with E-state index in [1.54, 1.807) is 0 Å². The van der Waals surface area contributed by atoms with Crippen LogP contribution in [-0.2, 0) is 4.79 Å². The second kappa shape index (κ2) is 3.73. The van der Waals surface area contributed by atoms with Gasteiger partial charge >= 0.3 is 0 Å². The third-order valence-electron chi connectivity index (χ3n) is 2.73. The number of carbonyl (C=O) groups excluding carboxylic acids is 1. The average Bonchev–Trinajstić information content (AvgIpc) is 2.46. The Balaban J connectivity index is 0.000000720. The molecule has 0 aromatic rings. The van der Waals surface area contributed by atoms with Crippen molar-refractivity contribution in [3.8, 4) is 0 Å². The van der Waals surface area contributed by atoms with Crippen molar-refractivity contribution in [3.63, 3.8) is 0 Å². The standard InChI is InChI=1S/C8H14N2O.ClH/c11-7-2-1-4-10-8(7)3-5-9-6-8;/h9-10H,1-6H2;1H. The van der Waals surface area contributed by atoms with Crippen LogP contribution < -0.4 is 10.6 Å². The minimum Gasteiger partial charge on any atom is -0.314 e. The zero-order chi connectivity index (χ0) is 7.73. The van der Waals surface area contributed by atoms with Crippen molar-refractivity contribution in [2.45, 2.75) is 24.8 Å². The van der Waals surface area contributed by atoms with Crippen LogP contribution in [0.25, 0.3) is 0 Å². The van der Waals surface area contributed by atoms with Gasteiger partial charge < -0.3 is 10.6 Å². The van der Waals surface area contributed by atoms with Crippen LogP contribution in [0.3, 0.4) is 0 Å². The second-order valence-electron chi connectivity index (χ2n) is 3.46. The maximum atomic E-state index is 11.5. The number of Topliss-reactive ketones (excluding diaryl/α,β-unsaturated/α-hetero) is 1. The molecule has 0 aromatic heterocycles. The molecular formula is C8H15ClN2O. The Hall–Kier alpha value is -0.120. The Labute approximate surface area is 78.7 Å². The molecule has 2 N–H and O–H groups in total. The molecule has 2 aliphatic heterocycles. The minimum atomic E-state index is -0.168. The van der Waals surface area contributed by atoms with E-state index in [1.807, 2.05) is 0 Å². The summed E-state index contributed by atoms with van der Waals surface area (Å²) in [5.74, 6) is 0.411. The van der Waals surface area contributed by atoms with E-state index in [4.69, 9.17) is 0 Å². The van der Waals surface area contributed by atoms with Crippen LogP contribution in [-0.4, -0.2) is 31.0 Å². The summed E-state index contributed by atoms with van der Waals surface area (Å²) >= 11 is 0. The largest absolute Gasteiger partial charge is 0.314 e. The lowest BCUT2D eigenvalue weighted by atomic mass is 9.87. The number of piperidine rings is 1. The highest BCUT2D eigenvalue weighted by Gasteiger charge is 2.41. The highest BCUT2D eigenvalue weighted by Crippen LogP contribution is 2.21. The average molecular weight is 191 g/mol. The van der Waals surface area contributed by atoms with E-state index in [-0.39, 0.29) is 17.9 Å². The monoisotopic (exact) mass is 190 g/mol. The molecule has 0 radical (unpaired) electrons. The first-order valence-electron chi connectivity index (χ1n) is 4.33. The van der Waals surface area contributed by atoms with Crippen molar-refractivity contribution in [1.29, 1.82) is 0 Å². The van der Waals surface area contributed by atoms with Crippen molar-refractivity contribution < 1.29 is 4.79 Å². The first kappa shape index (κ1) is 9.96. The quantitative estimate of drug-likeness (QED) is 0.569. The summed E-state index contributed by atoms with van der Waals surface area (Å²) in [6.45, 7) is 2.83. The zero-order valence-corrected chi connectivity index (χ0v) is 7.88. The van der Waals surface area contributed by atoms with Crippen molar-refractivity contribution in [1.82, 2.24) is 10.6 Å². The predicted molar refractivity (Wildman–Crippen MR) is 49.7 cm³/mol. The smallest absolute Gasteiger partial charge is 0.154 e. The fourth-order valence-electron chi connectivity index (χ4n) is 2.00. The topological polar surface area (TPSA) is 41.1 Å². The van der Waals surface area contributed by atoms with Gasteiger partial charge in [-0.3, -0.25) is 4.79 Å². The molecule has 2 heterocycles. The predicted octanol–water partition coefficient (Wildman–Crippen LogP) is 0.0928. The minimum absolute atomic E-state index is 0. The Morgan fingerprint density at radius 3 is 2.75 bits per heavy atom. The van der Waals surface area contributed by atoms with Gasteiger partial charge in [-0.1, -0.05) is 0 Å². The van der Waals surface area contributed by atoms with E-state index in [0.29, 0.717) is 5.78 Å². The van der Waals surface area contributed by atoms with Gasteiger partial charge in [0.05, 0.1) is 5.54 Å². The lowest BCUT2D eigenvalue weighted by Crippen LogP contribution is -2.56. The normalized spacial score (nSPS) is 35.2. The van der Waals surface area contributed by atoms with Crippen LogP contribution in [0.5, 0.6) is 0 Å². The van der Waals surface area contributed by atoms with Crippen molar-refractivity contribution in [2.75, 3.05) is 19.6 Å². The van der Waals surface area contributed by atoms with Gasteiger partial charge in [0.2, 0.25) is 0 Å². The molecule has 2 saturated heterocycles. The Kier molecular flexibility index (Phi) is 3.09. The lowest BCUT2D eigenvalue weighted by Gasteiger charge is -2.32. The molecule has 0 saturated carbocycles. The van der Waals surface area contributed by atoms with Gasteiger partial charge in [0, 0.05) is 13.0 Å². The summed E-state index contributed by atoms with van der Waals surface area (Å²) in [7, 11) is 0. The summed E-state index contributed by atoms with van der Waals surface area (Å²) in [6, 6.07) is 0. The Bertz CT molecular complexity index is 178. The first-order chi connectivity index (χ1) is 5.33. The Morgan fingerprint density at radius 1 is 1.33 bits per heavy atom. The molecule has 1 unspecified atom stereocenters. The number of hydrogen-bond donors (Lipinski definition) is 2. The van der Waals surface area contributed by atoms with Gasteiger partial charge in [0.1, 0.15) is 0 Å². The van der Waals surface area contributed by atoms with Gasteiger partial charge in [-0.15, -0.1) is 12.4 Å². The fourth-order valence-corrected chi connectivity index (χ4v) is 2.00. The fraction of sp³-hybridized carbons (Fsp3) is 0.875. The maximum absolute atomic E-state index is 11.5. The first-order valence-corrected chi connectivity index (χ1v) is 4.33. The van der Waals surface area contributed by atoms with Gasteiger partial charge in [-0.25, -0.2) is 0 Å². The highest BCUT2D eigenvalue weighted by molar-refractivity contribution is 5.89. The molecule has 2 rings (SSSR count). The molecule has 0 aromatic carbocycles. The summed E-state index contributed by atoms with van der Waals surface area (Å²) in [5.41, 5.74) is -0.168. The third-order valence-corrected chi connectivity index (χ3v) is 2.73. The number of halogens is 1. The number of hydrogen-bond acceptors (Lipinski definition) is 3. The number of ketones is 1. The molecule has 70 valence electrons. The van der Waals surface area contributed by atoms with E-state index in [2.05, 4.69) is 10.6 Å².